The number of carboxylic acids is 1. The highest BCUT2D eigenvalue weighted by Gasteiger charge is 2.15. The molecule has 2 rings (SSSR count). The Bertz CT molecular complexity index is 625. The molecule has 0 saturated heterocycles. The molecule has 0 unspecified atom stereocenters. The number of carbonyl (C=O) groups is 2. The van der Waals surface area contributed by atoms with Crippen molar-refractivity contribution in [2.75, 3.05) is 5.32 Å². The van der Waals surface area contributed by atoms with Gasteiger partial charge in [-0.2, -0.15) is 0 Å². The van der Waals surface area contributed by atoms with E-state index in [4.69, 9.17) is 5.11 Å². The van der Waals surface area contributed by atoms with Crippen molar-refractivity contribution in [3.8, 4) is 0 Å². The van der Waals surface area contributed by atoms with Crippen molar-refractivity contribution >= 4 is 28.5 Å². The van der Waals surface area contributed by atoms with E-state index in [0.717, 1.165) is 16.9 Å². The van der Waals surface area contributed by atoms with Crippen LogP contribution < -0.4 is 10.6 Å². The molecular weight excluding hydrogens is 278 g/mol. The van der Waals surface area contributed by atoms with Gasteiger partial charge in [0, 0.05) is 6.54 Å². The van der Waals surface area contributed by atoms with E-state index in [1.165, 1.54) is 0 Å². The van der Waals surface area contributed by atoms with E-state index in [1.54, 1.807) is 6.92 Å². The van der Waals surface area contributed by atoms with Crippen LogP contribution in [0, 0.1) is 6.92 Å². The third-order valence-electron chi connectivity index (χ3n) is 2.51. The summed E-state index contributed by atoms with van der Waals surface area (Å²) in [5.41, 5.74) is 1.37. The van der Waals surface area contributed by atoms with Gasteiger partial charge in [0.2, 0.25) is 0 Å². The molecule has 2 amide bonds. The van der Waals surface area contributed by atoms with Crippen LogP contribution in [0.3, 0.4) is 0 Å². The molecule has 0 fully saturated rings. The number of hydrogen-bond acceptors (Lipinski definition) is 4. The van der Waals surface area contributed by atoms with Crippen molar-refractivity contribution in [3.05, 3.63) is 46.5 Å². The van der Waals surface area contributed by atoms with Crippen LogP contribution in [-0.2, 0) is 6.54 Å². The topological polar surface area (TPSA) is 91.3 Å². The second kappa shape index (κ2) is 6.16. The molecule has 1 aromatic heterocycles. The highest BCUT2D eigenvalue weighted by molar-refractivity contribution is 7.17. The Balaban J connectivity index is 1.92. The van der Waals surface area contributed by atoms with Crippen LogP contribution in [0.5, 0.6) is 0 Å². The molecule has 7 heteroatoms. The van der Waals surface area contributed by atoms with E-state index in [2.05, 4.69) is 15.6 Å². The van der Waals surface area contributed by atoms with Crippen LogP contribution in [0.4, 0.5) is 9.93 Å². The molecule has 1 aromatic carbocycles. The first-order valence-electron chi connectivity index (χ1n) is 5.86. The van der Waals surface area contributed by atoms with Gasteiger partial charge < -0.3 is 10.4 Å². The Morgan fingerprint density at radius 1 is 1.30 bits per heavy atom. The van der Waals surface area contributed by atoms with Gasteiger partial charge >= 0.3 is 12.0 Å². The SMILES string of the molecule is Cc1nc(NC(=O)NCc2ccccc2)sc1C(=O)O. The quantitative estimate of drug-likeness (QED) is 0.807. The average Bonchev–Trinajstić information content (AvgIpc) is 2.78. The molecule has 3 N–H and O–H groups in total. The predicted molar refractivity (Wildman–Crippen MR) is 76.1 cm³/mol. The number of carbonyl (C=O) groups excluding carboxylic acids is 1. The first kappa shape index (κ1) is 14.0. The van der Waals surface area contributed by atoms with Crippen molar-refractivity contribution in [1.82, 2.24) is 10.3 Å². The summed E-state index contributed by atoms with van der Waals surface area (Å²) in [5.74, 6) is -1.04. The summed E-state index contributed by atoms with van der Waals surface area (Å²) in [6, 6.07) is 9.05. The molecule has 0 spiro atoms. The van der Waals surface area contributed by atoms with E-state index in [-0.39, 0.29) is 10.0 Å². The molecule has 0 bridgehead atoms. The molecule has 0 radical (unpaired) electrons. The highest BCUT2D eigenvalue weighted by Crippen LogP contribution is 2.22. The van der Waals surface area contributed by atoms with Gasteiger partial charge in [0.05, 0.1) is 5.69 Å². The van der Waals surface area contributed by atoms with E-state index in [1.807, 2.05) is 30.3 Å². The van der Waals surface area contributed by atoms with E-state index in [0.29, 0.717) is 12.2 Å². The first-order valence-corrected chi connectivity index (χ1v) is 6.67. The van der Waals surface area contributed by atoms with Crippen molar-refractivity contribution in [2.45, 2.75) is 13.5 Å². The first-order chi connectivity index (χ1) is 9.56. The molecule has 1 heterocycles. The molecule has 0 aliphatic rings. The molecule has 2 aromatic rings. The molecular formula is C13H13N3O3S. The summed E-state index contributed by atoms with van der Waals surface area (Å²) >= 11 is 0.935. The summed E-state index contributed by atoms with van der Waals surface area (Å²) < 4.78 is 0. The smallest absolute Gasteiger partial charge is 0.347 e. The predicted octanol–water partition coefficient (Wildman–Crippen LogP) is 2.47. The van der Waals surface area contributed by atoms with Gasteiger partial charge in [0.15, 0.2) is 5.13 Å². The fourth-order valence-electron chi connectivity index (χ4n) is 1.57. The van der Waals surface area contributed by atoms with Crippen LogP contribution in [-0.4, -0.2) is 22.1 Å². The van der Waals surface area contributed by atoms with Gasteiger partial charge in [-0.25, -0.2) is 14.6 Å². The van der Waals surface area contributed by atoms with Crippen molar-refractivity contribution in [2.24, 2.45) is 0 Å². The molecule has 6 nitrogen and oxygen atoms in total. The number of urea groups is 1. The zero-order chi connectivity index (χ0) is 14.5. The van der Waals surface area contributed by atoms with Crippen LogP contribution in [0.15, 0.2) is 30.3 Å². The number of nitrogens with one attached hydrogen (secondary N) is 2. The Morgan fingerprint density at radius 3 is 2.60 bits per heavy atom. The maximum atomic E-state index is 11.7. The Morgan fingerprint density at radius 2 is 2.00 bits per heavy atom. The largest absolute Gasteiger partial charge is 0.477 e. The van der Waals surface area contributed by atoms with Gasteiger partial charge in [0.25, 0.3) is 0 Å². The monoisotopic (exact) mass is 291 g/mol. The van der Waals surface area contributed by atoms with E-state index >= 15 is 0 Å². The average molecular weight is 291 g/mol. The summed E-state index contributed by atoms with van der Waals surface area (Å²) in [7, 11) is 0. The summed E-state index contributed by atoms with van der Waals surface area (Å²) in [5, 5.41) is 14.4. The van der Waals surface area contributed by atoms with Crippen molar-refractivity contribution in [1.29, 1.82) is 0 Å². The number of hydrogen-bond donors (Lipinski definition) is 3. The lowest BCUT2D eigenvalue weighted by Gasteiger charge is -2.05. The molecule has 0 atom stereocenters. The normalized spacial score (nSPS) is 10.1. The molecule has 0 aliphatic heterocycles. The number of carboxylic acid groups (broad SMARTS) is 1. The number of aromatic carboxylic acids is 1. The highest BCUT2D eigenvalue weighted by atomic mass is 32.1. The number of aromatic nitrogens is 1. The summed E-state index contributed by atoms with van der Waals surface area (Å²) in [6.45, 7) is 1.98. The zero-order valence-corrected chi connectivity index (χ0v) is 11.5. The summed E-state index contributed by atoms with van der Waals surface area (Å²) in [6.07, 6.45) is 0. The number of thiazole rings is 1. The van der Waals surface area contributed by atoms with E-state index < -0.39 is 12.0 Å². The van der Waals surface area contributed by atoms with Gasteiger partial charge in [0.1, 0.15) is 4.88 Å². The van der Waals surface area contributed by atoms with Crippen LogP contribution in [0.2, 0.25) is 0 Å². The number of benzene rings is 1. The zero-order valence-electron chi connectivity index (χ0n) is 10.7. The second-order valence-corrected chi connectivity index (χ2v) is 5.03. The second-order valence-electron chi connectivity index (χ2n) is 4.03. The number of anilines is 1. The maximum absolute atomic E-state index is 11.7. The molecule has 20 heavy (non-hydrogen) atoms. The number of nitrogens with zero attached hydrogens (tertiary/aromatic N) is 1. The minimum Gasteiger partial charge on any atom is -0.477 e. The minimum absolute atomic E-state index is 0.128. The van der Waals surface area contributed by atoms with Gasteiger partial charge in [-0.3, -0.25) is 5.32 Å². The van der Waals surface area contributed by atoms with Gasteiger partial charge in [-0.15, -0.1) is 0 Å². The number of aryl methyl sites for hydroxylation is 1. The van der Waals surface area contributed by atoms with Crippen molar-refractivity contribution < 1.29 is 14.7 Å². The summed E-state index contributed by atoms with van der Waals surface area (Å²) in [4.78, 5) is 26.7. The maximum Gasteiger partial charge on any atom is 0.347 e. The lowest BCUT2D eigenvalue weighted by atomic mass is 10.2. The fourth-order valence-corrected chi connectivity index (χ4v) is 2.37. The Kier molecular flexibility index (Phi) is 4.31. The fraction of sp³-hybridized carbons (Fsp3) is 0.154. The molecule has 0 saturated carbocycles. The Labute approximate surface area is 119 Å². The number of rotatable bonds is 4. The molecule has 0 aliphatic carbocycles. The van der Waals surface area contributed by atoms with Crippen LogP contribution >= 0.6 is 11.3 Å². The minimum atomic E-state index is -1.04. The van der Waals surface area contributed by atoms with Gasteiger partial charge in [-0.05, 0) is 12.5 Å². The Hall–Kier alpha value is -2.41. The number of amides is 2. The van der Waals surface area contributed by atoms with Crippen molar-refractivity contribution in [3.63, 3.8) is 0 Å². The third-order valence-corrected chi connectivity index (χ3v) is 3.57. The van der Waals surface area contributed by atoms with Crippen LogP contribution in [0.25, 0.3) is 0 Å². The third kappa shape index (κ3) is 3.55. The lowest BCUT2D eigenvalue weighted by molar-refractivity contribution is 0.0701. The lowest BCUT2D eigenvalue weighted by Crippen LogP contribution is -2.28. The molecule has 104 valence electrons. The standard InChI is InChI=1S/C13H13N3O3S/c1-8-10(11(17)18)20-13(15-8)16-12(19)14-7-9-5-3-2-4-6-9/h2-6H,7H2,1H3,(H,17,18)(H2,14,15,16,19). The van der Waals surface area contributed by atoms with E-state index in [9.17, 15) is 9.59 Å². The van der Waals surface area contributed by atoms with Crippen LogP contribution in [0.1, 0.15) is 20.9 Å². The van der Waals surface area contributed by atoms with Gasteiger partial charge in [-0.1, -0.05) is 41.7 Å².